The highest BCUT2D eigenvalue weighted by molar-refractivity contribution is 5.85. The number of hydrogen-bond donors (Lipinski definition) is 2. The molecule has 0 bridgehead atoms. The van der Waals surface area contributed by atoms with Crippen LogP contribution in [0.4, 0.5) is 0 Å². The Morgan fingerprint density at radius 2 is 2.15 bits per heavy atom. The van der Waals surface area contributed by atoms with Crippen LogP contribution in [0.2, 0.25) is 0 Å². The Kier molecular flexibility index (Phi) is 6.08. The summed E-state index contributed by atoms with van der Waals surface area (Å²) < 4.78 is 0. The second-order valence-corrected chi connectivity index (χ2v) is 3.73. The van der Waals surface area contributed by atoms with Gasteiger partial charge in [-0.1, -0.05) is 19.3 Å². The largest absolute Gasteiger partial charge is 0.481 e. The van der Waals surface area contributed by atoms with E-state index in [9.17, 15) is 4.79 Å². The monoisotopic (exact) mass is 207 g/mol. The van der Waals surface area contributed by atoms with Crippen molar-refractivity contribution in [1.82, 2.24) is 0 Å². The molecule has 1 fully saturated rings. The third-order valence-corrected chi connectivity index (χ3v) is 2.69. The van der Waals surface area contributed by atoms with Gasteiger partial charge in [-0.05, 0) is 24.8 Å². The summed E-state index contributed by atoms with van der Waals surface area (Å²) >= 11 is 0. The van der Waals surface area contributed by atoms with E-state index in [1.807, 2.05) is 0 Å². The molecule has 0 saturated heterocycles. The van der Waals surface area contributed by atoms with Crippen LogP contribution in [0.5, 0.6) is 0 Å². The average Bonchev–Trinajstić information content (AvgIpc) is 1.93. The molecular weight excluding hydrogens is 190 g/mol. The number of aliphatic carboxylic acids is 1. The van der Waals surface area contributed by atoms with Crippen LogP contribution in [0.25, 0.3) is 0 Å². The molecule has 3 N–H and O–H groups in total. The Hall–Kier alpha value is -0.280. The molecule has 1 unspecified atom stereocenters. The van der Waals surface area contributed by atoms with Gasteiger partial charge in [0.05, 0.1) is 0 Å². The highest BCUT2D eigenvalue weighted by Gasteiger charge is 2.22. The lowest BCUT2D eigenvalue weighted by molar-refractivity contribution is -0.138. The first kappa shape index (κ1) is 12.7. The van der Waals surface area contributed by atoms with Gasteiger partial charge < -0.3 is 10.8 Å². The summed E-state index contributed by atoms with van der Waals surface area (Å²) in [5.74, 6) is 0.246. The van der Waals surface area contributed by atoms with E-state index in [-0.39, 0.29) is 24.7 Å². The van der Waals surface area contributed by atoms with Crippen molar-refractivity contribution < 1.29 is 9.90 Å². The minimum absolute atomic E-state index is 0. The van der Waals surface area contributed by atoms with Crippen LogP contribution in [0.15, 0.2) is 0 Å². The molecule has 1 rings (SSSR count). The number of nitrogens with two attached hydrogens (primary N) is 1. The highest BCUT2D eigenvalue weighted by atomic mass is 35.5. The minimum Gasteiger partial charge on any atom is -0.481 e. The maximum Gasteiger partial charge on any atom is 0.303 e. The summed E-state index contributed by atoms with van der Waals surface area (Å²) in [5.41, 5.74) is 5.48. The Morgan fingerprint density at radius 3 is 2.46 bits per heavy atom. The molecule has 3 nitrogen and oxygen atoms in total. The van der Waals surface area contributed by atoms with Crippen molar-refractivity contribution in [2.75, 3.05) is 6.54 Å². The molecule has 4 heteroatoms. The predicted octanol–water partition coefficient (Wildman–Crippen LogP) is 1.65. The van der Waals surface area contributed by atoms with Crippen LogP contribution < -0.4 is 5.73 Å². The Morgan fingerprint density at radius 1 is 1.54 bits per heavy atom. The van der Waals surface area contributed by atoms with Crippen LogP contribution in [0.3, 0.4) is 0 Å². The van der Waals surface area contributed by atoms with Gasteiger partial charge in [-0.2, -0.15) is 0 Å². The average molecular weight is 208 g/mol. The number of hydrogen-bond acceptors (Lipinski definition) is 2. The molecule has 0 aromatic rings. The fraction of sp³-hybridized carbons (Fsp3) is 0.889. The van der Waals surface area contributed by atoms with Crippen LogP contribution in [0.1, 0.15) is 32.1 Å². The molecule has 0 aliphatic heterocycles. The first-order valence-corrected chi connectivity index (χ1v) is 4.64. The molecule has 0 heterocycles. The minimum atomic E-state index is -0.718. The number of halogens is 1. The van der Waals surface area contributed by atoms with Crippen LogP contribution >= 0.6 is 12.4 Å². The molecule has 0 spiro atoms. The van der Waals surface area contributed by atoms with Crippen molar-refractivity contribution in [2.24, 2.45) is 17.6 Å². The van der Waals surface area contributed by atoms with E-state index in [4.69, 9.17) is 10.8 Å². The standard InChI is InChI=1S/C9H17NO2.ClH/c10-6-8(5-9(11)12)4-7-2-1-3-7;/h7-8H,1-6,10H2,(H,11,12);1H. The van der Waals surface area contributed by atoms with Crippen LogP contribution in [-0.2, 0) is 4.79 Å². The van der Waals surface area contributed by atoms with E-state index in [0.29, 0.717) is 6.54 Å². The lowest BCUT2D eigenvalue weighted by atomic mass is 9.78. The number of carboxylic acid groups (broad SMARTS) is 1. The van der Waals surface area contributed by atoms with Gasteiger partial charge >= 0.3 is 5.97 Å². The van der Waals surface area contributed by atoms with Gasteiger partial charge in [0.25, 0.3) is 0 Å². The maximum atomic E-state index is 10.4. The van der Waals surface area contributed by atoms with Crippen LogP contribution in [-0.4, -0.2) is 17.6 Å². The summed E-state index contributed by atoms with van der Waals surface area (Å²) in [6.07, 6.45) is 5.12. The summed E-state index contributed by atoms with van der Waals surface area (Å²) in [4.78, 5) is 10.4. The van der Waals surface area contributed by atoms with Crippen molar-refractivity contribution in [1.29, 1.82) is 0 Å². The van der Waals surface area contributed by atoms with Crippen LogP contribution in [0, 0.1) is 11.8 Å². The zero-order valence-electron chi connectivity index (χ0n) is 7.74. The third kappa shape index (κ3) is 4.48. The zero-order chi connectivity index (χ0) is 8.97. The van der Waals surface area contributed by atoms with E-state index in [1.54, 1.807) is 0 Å². The van der Waals surface area contributed by atoms with Gasteiger partial charge in [0.1, 0.15) is 0 Å². The van der Waals surface area contributed by atoms with E-state index < -0.39 is 5.97 Å². The highest BCUT2D eigenvalue weighted by Crippen LogP contribution is 2.32. The van der Waals surface area contributed by atoms with E-state index in [0.717, 1.165) is 12.3 Å². The molecule has 0 aromatic heterocycles. The predicted molar refractivity (Wildman–Crippen MR) is 54.0 cm³/mol. The summed E-state index contributed by atoms with van der Waals surface area (Å²) in [6, 6.07) is 0. The molecule has 0 aromatic carbocycles. The van der Waals surface area contributed by atoms with Gasteiger partial charge in [0, 0.05) is 6.42 Å². The molecule has 1 aliphatic carbocycles. The molecule has 78 valence electrons. The topological polar surface area (TPSA) is 63.3 Å². The fourth-order valence-corrected chi connectivity index (χ4v) is 1.71. The van der Waals surface area contributed by atoms with Gasteiger partial charge in [-0.15, -0.1) is 12.4 Å². The van der Waals surface area contributed by atoms with Crippen molar-refractivity contribution in [3.8, 4) is 0 Å². The Balaban J connectivity index is 0.00000144. The molecule has 13 heavy (non-hydrogen) atoms. The second kappa shape index (κ2) is 6.22. The molecule has 1 atom stereocenters. The van der Waals surface area contributed by atoms with Crippen molar-refractivity contribution >= 4 is 18.4 Å². The second-order valence-electron chi connectivity index (χ2n) is 3.73. The van der Waals surface area contributed by atoms with Gasteiger partial charge in [0.15, 0.2) is 0 Å². The lowest BCUT2D eigenvalue weighted by Crippen LogP contribution is -2.23. The first-order valence-electron chi connectivity index (χ1n) is 4.64. The number of rotatable bonds is 5. The summed E-state index contributed by atoms with van der Waals surface area (Å²) in [7, 11) is 0. The normalized spacial score (nSPS) is 18.5. The van der Waals surface area contributed by atoms with Crippen molar-refractivity contribution in [3.63, 3.8) is 0 Å². The van der Waals surface area contributed by atoms with Gasteiger partial charge in [0.2, 0.25) is 0 Å². The SMILES string of the molecule is Cl.NCC(CC(=O)O)CC1CCC1. The van der Waals surface area contributed by atoms with E-state index >= 15 is 0 Å². The van der Waals surface area contributed by atoms with Gasteiger partial charge in [-0.3, -0.25) is 4.79 Å². The van der Waals surface area contributed by atoms with E-state index in [2.05, 4.69) is 0 Å². The van der Waals surface area contributed by atoms with Crippen molar-refractivity contribution in [2.45, 2.75) is 32.1 Å². The molecule has 0 amide bonds. The summed E-state index contributed by atoms with van der Waals surface area (Å²) in [5, 5.41) is 8.56. The first-order chi connectivity index (χ1) is 5.72. The van der Waals surface area contributed by atoms with Gasteiger partial charge in [-0.25, -0.2) is 0 Å². The lowest BCUT2D eigenvalue weighted by Gasteiger charge is -2.28. The zero-order valence-corrected chi connectivity index (χ0v) is 8.55. The van der Waals surface area contributed by atoms with E-state index in [1.165, 1.54) is 19.3 Å². The van der Waals surface area contributed by atoms with Crippen molar-refractivity contribution in [3.05, 3.63) is 0 Å². The number of carbonyl (C=O) groups is 1. The Labute approximate surface area is 85.1 Å². The molecule has 0 radical (unpaired) electrons. The quantitative estimate of drug-likeness (QED) is 0.721. The molecule has 1 saturated carbocycles. The number of carboxylic acids is 1. The Bertz CT molecular complexity index is 160. The molecule has 1 aliphatic rings. The third-order valence-electron chi connectivity index (χ3n) is 2.69. The summed E-state index contributed by atoms with van der Waals surface area (Å²) in [6.45, 7) is 0.517. The maximum absolute atomic E-state index is 10.4. The molecular formula is C9H18ClNO2. The fourth-order valence-electron chi connectivity index (χ4n) is 1.71. The smallest absolute Gasteiger partial charge is 0.303 e.